The van der Waals surface area contributed by atoms with Crippen molar-refractivity contribution >= 4 is 11.9 Å². The molecular formula is C13H21NO3. The monoisotopic (exact) mass is 239 g/mol. The Balaban J connectivity index is 1.84. The summed E-state index contributed by atoms with van der Waals surface area (Å²) in [4.78, 5) is 24.4. The first kappa shape index (κ1) is 12.4. The molecule has 0 unspecified atom stereocenters. The third-order valence-electron chi connectivity index (χ3n) is 3.80. The summed E-state index contributed by atoms with van der Waals surface area (Å²) < 4.78 is 0. The van der Waals surface area contributed by atoms with Crippen molar-refractivity contribution in [1.82, 2.24) is 4.90 Å². The summed E-state index contributed by atoms with van der Waals surface area (Å²) in [6, 6.07) is 0.210. The van der Waals surface area contributed by atoms with Crippen LogP contribution < -0.4 is 0 Å². The van der Waals surface area contributed by atoms with Crippen LogP contribution >= 0.6 is 0 Å². The molecule has 1 amide bonds. The lowest BCUT2D eigenvalue weighted by molar-refractivity contribution is -0.145. The molecule has 2 fully saturated rings. The number of carboxylic acid groups (broad SMARTS) is 1. The smallest absolute Gasteiger partial charge is 0.323 e. The fourth-order valence-electron chi connectivity index (χ4n) is 2.71. The third-order valence-corrected chi connectivity index (χ3v) is 3.80. The van der Waals surface area contributed by atoms with Crippen LogP contribution in [0, 0.1) is 5.92 Å². The van der Waals surface area contributed by atoms with Crippen molar-refractivity contribution < 1.29 is 14.7 Å². The molecule has 0 aliphatic heterocycles. The van der Waals surface area contributed by atoms with E-state index in [0.717, 1.165) is 25.7 Å². The van der Waals surface area contributed by atoms with Crippen molar-refractivity contribution in [3.63, 3.8) is 0 Å². The number of carbonyl (C=O) groups is 2. The second-order valence-corrected chi connectivity index (χ2v) is 5.35. The van der Waals surface area contributed by atoms with Crippen molar-refractivity contribution in [3.8, 4) is 0 Å². The maximum Gasteiger partial charge on any atom is 0.323 e. The van der Waals surface area contributed by atoms with E-state index in [4.69, 9.17) is 5.11 Å². The van der Waals surface area contributed by atoms with Gasteiger partial charge in [0, 0.05) is 12.5 Å². The molecule has 1 N–H and O–H groups in total. The van der Waals surface area contributed by atoms with E-state index in [0.29, 0.717) is 12.3 Å². The van der Waals surface area contributed by atoms with E-state index in [9.17, 15) is 9.59 Å². The molecule has 0 radical (unpaired) electrons. The molecule has 0 bridgehead atoms. The zero-order chi connectivity index (χ0) is 12.3. The van der Waals surface area contributed by atoms with Gasteiger partial charge in [0.1, 0.15) is 6.54 Å². The van der Waals surface area contributed by atoms with Gasteiger partial charge in [-0.3, -0.25) is 9.59 Å². The minimum atomic E-state index is -0.895. The minimum absolute atomic E-state index is 0.0572. The van der Waals surface area contributed by atoms with Gasteiger partial charge < -0.3 is 10.0 Å². The molecule has 17 heavy (non-hydrogen) atoms. The van der Waals surface area contributed by atoms with Crippen LogP contribution in [-0.4, -0.2) is 34.5 Å². The lowest BCUT2D eigenvalue weighted by atomic mass is 9.86. The highest BCUT2D eigenvalue weighted by Crippen LogP contribution is 2.31. The number of rotatable bonds is 5. The topological polar surface area (TPSA) is 57.6 Å². The molecule has 0 aromatic heterocycles. The zero-order valence-electron chi connectivity index (χ0n) is 10.2. The van der Waals surface area contributed by atoms with Crippen LogP contribution in [0.2, 0.25) is 0 Å². The van der Waals surface area contributed by atoms with Crippen LogP contribution in [-0.2, 0) is 9.59 Å². The highest BCUT2D eigenvalue weighted by Gasteiger charge is 2.34. The standard InChI is InChI=1S/C13H21NO3/c15-12(8-10-4-2-1-3-5-10)14(9-13(16)17)11-6-7-11/h10-11H,1-9H2,(H,16,17). The van der Waals surface area contributed by atoms with Crippen LogP contribution in [0.15, 0.2) is 0 Å². The summed E-state index contributed by atoms with van der Waals surface area (Å²) in [6.45, 7) is -0.115. The Morgan fingerprint density at radius 2 is 1.71 bits per heavy atom. The molecule has 2 aliphatic rings. The third kappa shape index (κ3) is 3.72. The Kier molecular flexibility index (Phi) is 4.02. The van der Waals surface area contributed by atoms with Crippen molar-refractivity contribution in [3.05, 3.63) is 0 Å². The Bertz CT molecular complexity index is 293. The normalized spacial score (nSPS) is 21.2. The van der Waals surface area contributed by atoms with Crippen LogP contribution in [0.25, 0.3) is 0 Å². The number of carboxylic acids is 1. The Morgan fingerprint density at radius 3 is 2.24 bits per heavy atom. The van der Waals surface area contributed by atoms with Crippen molar-refractivity contribution in [2.75, 3.05) is 6.54 Å². The van der Waals surface area contributed by atoms with Crippen LogP contribution in [0.3, 0.4) is 0 Å². The first-order valence-corrected chi connectivity index (χ1v) is 6.68. The van der Waals surface area contributed by atoms with Crippen molar-refractivity contribution in [2.24, 2.45) is 5.92 Å². The van der Waals surface area contributed by atoms with Gasteiger partial charge in [0.15, 0.2) is 0 Å². The number of aliphatic carboxylic acids is 1. The van der Waals surface area contributed by atoms with Gasteiger partial charge in [-0.1, -0.05) is 19.3 Å². The molecule has 4 heteroatoms. The predicted molar refractivity (Wildman–Crippen MR) is 63.6 cm³/mol. The molecule has 2 saturated carbocycles. The SMILES string of the molecule is O=C(O)CN(C(=O)CC1CCCCC1)C1CC1. The van der Waals surface area contributed by atoms with Crippen LogP contribution in [0.1, 0.15) is 51.4 Å². The number of amides is 1. The fraction of sp³-hybridized carbons (Fsp3) is 0.846. The fourth-order valence-corrected chi connectivity index (χ4v) is 2.71. The van der Waals surface area contributed by atoms with Gasteiger partial charge in [-0.05, 0) is 31.6 Å². The molecular weight excluding hydrogens is 218 g/mol. The van der Waals surface area contributed by atoms with E-state index in [2.05, 4.69) is 0 Å². The lowest BCUT2D eigenvalue weighted by Gasteiger charge is -2.25. The number of hydrogen-bond donors (Lipinski definition) is 1. The Morgan fingerprint density at radius 1 is 1.06 bits per heavy atom. The highest BCUT2D eigenvalue weighted by atomic mass is 16.4. The largest absolute Gasteiger partial charge is 0.480 e. The average molecular weight is 239 g/mol. The molecule has 0 aromatic carbocycles. The summed E-state index contributed by atoms with van der Waals surface area (Å²) in [5.74, 6) is -0.345. The maximum absolute atomic E-state index is 12.1. The summed E-state index contributed by atoms with van der Waals surface area (Å²) in [7, 11) is 0. The molecule has 0 aromatic rings. The zero-order valence-corrected chi connectivity index (χ0v) is 10.2. The predicted octanol–water partition coefficient (Wildman–Crippen LogP) is 2.03. The highest BCUT2D eigenvalue weighted by molar-refractivity contribution is 5.82. The van der Waals surface area contributed by atoms with Gasteiger partial charge in [-0.15, -0.1) is 0 Å². The second kappa shape index (κ2) is 5.52. The van der Waals surface area contributed by atoms with Gasteiger partial charge in [0.25, 0.3) is 0 Å². The molecule has 4 nitrogen and oxygen atoms in total. The molecule has 0 heterocycles. The van der Waals surface area contributed by atoms with Crippen LogP contribution in [0.5, 0.6) is 0 Å². The van der Waals surface area contributed by atoms with Gasteiger partial charge in [-0.25, -0.2) is 0 Å². The van der Waals surface area contributed by atoms with E-state index in [-0.39, 0.29) is 18.5 Å². The first-order chi connectivity index (χ1) is 8.16. The van der Waals surface area contributed by atoms with Crippen molar-refractivity contribution in [2.45, 2.75) is 57.4 Å². The second-order valence-electron chi connectivity index (χ2n) is 5.35. The van der Waals surface area contributed by atoms with E-state index in [1.807, 2.05) is 0 Å². The average Bonchev–Trinajstić information content (AvgIpc) is 3.10. The molecule has 2 aliphatic carbocycles. The summed E-state index contributed by atoms with van der Waals surface area (Å²) in [5.41, 5.74) is 0. The van der Waals surface area contributed by atoms with E-state index in [1.54, 1.807) is 4.90 Å². The van der Waals surface area contributed by atoms with Gasteiger partial charge >= 0.3 is 5.97 Å². The lowest BCUT2D eigenvalue weighted by Crippen LogP contribution is -2.38. The number of carbonyl (C=O) groups excluding carboxylic acids is 1. The Labute approximate surface area is 102 Å². The number of hydrogen-bond acceptors (Lipinski definition) is 2. The van der Waals surface area contributed by atoms with Crippen molar-refractivity contribution in [1.29, 1.82) is 0 Å². The van der Waals surface area contributed by atoms with Gasteiger partial charge in [-0.2, -0.15) is 0 Å². The minimum Gasteiger partial charge on any atom is -0.480 e. The molecule has 0 spiro atoms. The Hall–Kier alpha value is -1.06. The van der Waals surface area contributed by atoms with E-state index >= 15 is 0 Å². The van der Waals surface area contributed by atoms with Gasteiger partial charge in [0.05, 0.1) is 0 Å². The first-order valence-electron chi connectivity index (χ1n) is 6.68. The summed E-state index contributed by atoms with van der Waals surface area (Å²) in [5, 5.41) is 8.82. The molecule has 0 atom stereocenters. The summed E-state index contributed by atoms with van der Waals surface area (Å²) in [6.07, 6.45) is 8.51. The number of nitrogens with zero attached hydrogens (tertiary/aromatic N) is 1. The molecule has 96 valence electrons. The van der Waals surface area contributed by atoms with E-state index < -0.39 is 5.97 Å². The molecule has 2 rings (SSSR count). The van der Waals surface area contributed by atoms with Crippen LogP contribution in [0.4, 0.5) is 0 Å². The van der Waals surface area contributed by atoms with Gasteiger partial charge in [0.2, 0.25) is 5.91 Å². The molecule has 0 saturated heterocycles. The maximum atomic E-state index is 12.1. The summed E-state index contributed by atoms with van der Waals surface area (Å²) >= 11 is 0. The quantitative estimate of drug-likeness (QED) is 0.798. The van der Waals surface area contributed by atoms with E-state index in [1.165, 1.54) is 19.3 Å².